The second-order valence-electron chi connectivity index (χ2n) is 4.26. The predicted molar refractivity (Wildman–Crippen MR) is 73.0 cm³/mol. The molecule has 5 heteroatoms. The highest BCUT2D eigenvalue weighted by atomic mass is 16.1. The molecule has 5 nitrogen and oxygen atoms in total. The van der Waals surface area contributed by atoms with Crippen LogP contribution >= 0.6 is 0 Å². The van der Waals surface area contributed by atoms with Gasteiger partial charge in [0.05, 0.1) is 11.7 Å². The molecule has 94 valence electrons. The maximum atomic E-state index is 12.3. The molecule has 0 spiro atoms. The molecule has 2 heterocycles. The van der Waals surface area contributed by atoms with E-state index in [1.54, 1.807) is 18.5 Å². The number of H-pyrrole nitrogens is 1. The third-order valence-electron chi connectivity index (χ3n) is 2.96. The van der Waals surface area contributed by atoms with Crippen LogP contribution < -0.4 is 5.32 Å². The molecule has 0 aliphatic heterocycles. The van der Waals surface area contributed by atoms with Crippen LogP contribution in [-0.4, -0.2) is 21.1 Å². The molecule has 1 amide bonds. The van der Waals surface area contributed by atoms with Gasteiger partial charge in [-0.15, -0.1) is 0 Å². The van der Waals surface area contributed by atoms with E-state index in [0.29, 0.717) is 11.4 Å². The summed E-state index contributed by atoms with van der Waals surface area (Å²) in [6.07, 6.45) is 3.38. The third kappa shape index (κ3) is 2.06. The van der Waals surface area contributed by atoms with Gasteiger partial charge in [-0.3, -0.25) is 14.9 Å². The number of rotatable bonds is 2. The van der Waals surface area contributed by atoms with Crippen molar-refractivity contribution in [2.75, 3.05) is 5.32 Å². The van der Waals surface area contributed by atoms with E-state index >= 15 is 0 Å². The van der Waals surface area contributed by atoms with Crippen molar-refractivity contribution in [1.29, 1.82) is 0 Å². The number of aromatic nitrogens is 3. The first-order valence-electron chi connectivity index (χ1n) is 5.91. The first-order chi connectivity index (χ1) is 9.25. The number of fused-ring (bicyclic) bond motifs is 1. The molecule has 1 aromatic carbocycles. The van der Waals surface area contributed by atoms with Crippen LogP contribution in [0.5, 0.6) is 0 Å². The molecule has 3 rings (SSSR count). The van der Waals surface area contributed by atoms with Crippen LogP contribution in [0, 0.1) is 6.92 Å². The van der Waals surface area contributed by atoms with Crippen LogP contribution in [0.2, 0.25) is 0 Å². The van der Waals surface area contributed by atoms with Crippen LogP contribution in [-0.2, 0) is 0 Å². The smallest absolute Gasteiger partial charge is 0.257 e. The molecule has 0 saturated heterocycles. The molecule has 19 heavy (non-hydrogen) atoms. The Kier molecular flexibility index (Phi) is 2.72. The fourth-order valence-electron chi connectivity index (χ4n) is 1.96. The second-order valence-corrected chi connectivity index (χ2v) is 4.26. The molecular formula is C14H12N4O. The number of hydrogen-bond acceptors (Lipinski definition) is 3. The molecule has 0 aliphatic rings. The Morgan fingerprint density at radius 1 is 1.26 bits per heavy atom. The van der Waals surface area contributed by atoms with Crippen molar-refractivity contribution in [2.24, 2.45) is 0 Å². The minimum Gasteiger partial charge on any atom is -0.307 e. The summed E-state index contributed by atoms with van der Waals surface area (Å²) >= 11 is 0. The summed E-state index contributed by atoms with van der Waals surface area (Å²) in [5.74, 6) is 0.442. The number of aryl methyl sites for hydroxylation is 1. The summed E-state index contributed by atoms with van der Waals surface area (Å²) in [4.78, 5) is 16.5. The Balaban J connectivity index is 2.00. The Bertz CT molecular complexity index is 743. The minimum atomic E-state index is -0.175. The molecule has 0 unspecified atom stereocenters. The summed E-state index contributed by atoms with van der Waals surface area (Å²) in [7, 11) is 0. The van der Waals surface area contributed by atoms with Crippen molar-refractivity contribution < 1.29 is 4.79 Å². The van der Waals surface area contributed by atoms with Gasteiger partial charge in [0.2, 0.25) is 0 Å². The minimum absolute atomic E-state index is 0.175. The summed E-state index contributed by atoms with van der Waals surface area (Å²) in [6.45, 7) is 1.88. The number of nitrogens with zero attached hydrogens (tertiary/aromatic N) is 2. The van der Waals surface area contributed by atoms with Gasteiger partial charge in [0.1, 0.15) is 5.82 Å². The van der Waals surface area contributed by atoms with E-state index in [9.17, 15) is 4.79 Å². The highest BCUT2D eigenvalue weighted by Gasteiger charge is 2.12. The zero-order valence-electron chi connectivity index (χ0n) is 10.3. The third-order valence-corrected chi connectivity index (χ3v) is 2.96. The van der Waals surface area contributed by atoms with E-state index in [2.05, 4.69) is 20.5 Å². The number of benzene rings is 1. The molecule has 0 fully saturated rings. The number of carbonyl (C=O) groups is 1. The van der Waals surface area contributed by atoms with Crippen molar-refractivity contribution in [3.8, 4) is 0 Å². The Morgan fingerprint density at radius 2 is 2.16 bits per heavy atom. The van der Waals surface area contributed by atoms with Gasteiger partial charge in [0.15, 0.2) is 0 Å². The molecule has 0 aliphatic carbocycles. The van der Waals surface area contributed by atoms with Gasteiger partial charge in [0.25, 0.3) is 5.91 Å². The largest absolute Gasteiger partial charge is 0.307 e. The van der Waals surface area contributed by atoms with Crippen LogP contribution in [0.15, 0.2) is 42.7 Å². The van der Waals surface area contributed by atoms with Crippen LogP contribution in [0.25, 0.3) is 10.9 Å². The Hall–Kier alpha value is -2.69. The average molecular weight is 252 g/mol. The van der Waals surface area contributed by atoms with E-state index < -0.39 is 0 Å². The number of anilines is 1. The quantitative estimate of drug-likeness (QED) is 0.736. The number of amides is 1. The number of aromatic amines is 1. The van der Waals surface area contributed by atoms with Crippen molar-refractivity contribution in [3.05, 3.63) is 53.9 Å². The van der Waals surface area contributed by atoms with E-state index in [1.165, 1.54) is 0 Å². The molecule has 3 aromatic rings. The second kappa shape index (κ2) is 4.53. The van der Waals surface area contributed by atoms with Gasteiger partial charge in [-0.05, 0) is 25.1 Å². The molecular weight excluding hydrogens is 240 g/mol. The van der Waals surface area contributed by atoms with Gasteiger partial charge in [-0.25, -0.2) is 0 Å². The van der Waals surface area contributed by atoms with Crippen LogP contribution in [0.3, 0.4) is 0 Å². The molecule has 0 radical (unpaired) electrons. The lowest BCUT2D eigenvalue weighted by atomic mass is 10.1. The van der Waals surface area contributed by atoms with E-state index in [-0.39, 0.29) is 5.91 Å². The van der Waals surface area contributed by atoms with E-state index in [4.69, 9.17) is 0 Å². The monoisotopic (exact) mass is 252 g/mol. The van der Waals surface area contributed by atoms with E-state index in [0.717, 1.165) is 16.5 Å². The fraction of sp³-hybridized carbons (Fsp3) is 0.0714. The first kappa shape index (κ1) is 11.4. The summed E-state index contributed by atoms with van der Waals surface area (Å²) < 4.78 is 0. The van der Waals surface area contributed by atoms with Gasteiger partial charge in [-0.2, -0.15) is 5.10 Å². The summed E-state index contributed by atoms with van der Waals surface area (Å²) in [5.41, 5.74) is 2.29. The number of hydrogen-bond donors (Lipinski definition) is 2. The Morgan fingerprint density at radius 3 is 2.95 bits per heavy atom. The molecule has 0 atom stereocenters. The zero-order valence-corrected chi connectivity index (χ0v) is 10.3. The van der Waals surface area contributed by atoms with Crippen molar-refractivity contribution in [2.45, 2.75) is 6.92 Å². The highest BCUT2D eigenvalue weighted by Crippen LogP contribution is 2.18. The van der Waals surface area contributed by atoms with Gasteiger partial charge in [0, 0.05) is 22.7 Å². The van der Waals surface area contributed by atoms with Gasteiger partial charge in [-0.1, -0.05) is 12.1 Å². The lowest BCUT2D eigenvalue weighted by Crippen LogP contribution is -2.13. The van der Waals surface area contributed by atoms with Crippen LogP contribution in [0.4, 0.5) is 5.82 Å². The maximum Gasteiger partial charge on any atom is 0.257 e. The zero-order chi connectivity index (χ0) is 13.2. The lowest BCUT2D eigenvalue weighted by molar-refractivity contribution is 0.102. The van der Waals surface area contributed by atoms with Gasteiger partial charge < -0.3 is 5.32 Å². The van der Waals surface area contributed by atoms with Gasteiger partial charge >= 0.3 is 0 Å². The fourth-order valence-corrected chi connectivity index (χ4v) is 1.96. The summed E-state index contributed by atoms with van der Waals surface area (Å²) in [5, 5.41) is 10.3. The topological polar surface area (TPSA) is 70.7 Å². The number of nitrogens with one attached hydrogen (secondary N) is 2. The average Bonchev–Trinajstić information content (AvgIpc) is 2.83. The first-order valence-corrected chi connectivity index (χ1v) is 5.91. The normalized spacial score (nSPS) is 10.6. The number of carbonyl (C=O) groups excluding carboxylic acids is 1. The SMILES string of the molecule is Cc1cn[nH]c1NC(=O)c1cccc2ncccc12. The lowest BCUT2D eigenvalue weighted by Gasteiger charge is -2.06. The van der Waals surface area contributed by atoms with Crippen molar-refractivity contribution >= 4 is 22.6 Å². The molecule has 2 aromatic heterocycles. The molecule has 0 bridgehead atoms. The molecule has 2 N–H and O–H groups in total. The highest BCUT2D eigenvalue weighted by molar-refractivity contribution is 6.12. The van der Waals surface area contributed by atoms with E-state index in [1.807, 2.05) is 31.2 Å². The summed E-state index contributed by atoms with van der Waals surface area (Å²) in [6, 6.07) is 9.19. The molecule has 0 saturated carbocycles. The predicted octanol–water partition coefficient (Wildman–Crippen LogP) is 2.52. The van der Waals surface area contributed by atoms with Crippen molar-refractivity contribution in [3.63, 3.8) is 0 Å². The maximum absolute atomic E-state index is 12.3. The van der Waals surface area contributed by atoms with Crippen molar-refractivity contribution in [1.82, 2.24) is 15.2 Å². The standard InChI is InChI=1S/C14H12N4O/c1-9-8-16-18-13(9)17-14(19)11-4-2-6-12-10(11)5-3-7-15-12/h2-8H,1H3,(H2,16,17,18,19). The van der Waals surface area contributed by atoms with Crippen LogP contribution in [0.1, 0.15) is 15.9 Å². The Labute approximate surface area is 109 Å². The number of pyridine rings is 1.